The minimum Gasteiger partial charge on any atom is -0.487 e. The summed E-state index contributed by atoms with van der Waals surface area (Å²) in [6.07, 6.45) is -7.16. The molecule has 6 N–H and O–H groups in total. The highest BCUT2D eigenvalue weighted by molar-refractivity contribution is 6.27. The number of hydrogen-bond donors (Lipinski definition) is 6. The Labute approximate surface area is 777 Å². The van der Waals surface area contributed by atoms with Crippen molar-refractivity contribution in [3.63, 3.8) is 0 Å². The summed E-state index contributed by atoms with van der Waals surface area (Å²) >= 11 is 0. The van der Waals surface area contributed by atoms with E-state index < -0.39 is 36.6 Å². The van der Waals surface area contributed by atoms with Crippen molar-refractivity contribution in [1.82, 2.24) is 0 Å². The van der Waals surface area contributed by atoms with Gasteiger partial charge >= 0.3 is 0 Å². The molecular formula is C90H156O42. The molecule has 4 aromatic rings. The van der Waals surface area contributed by atoms with Crippen LogP contribution in [0.1, 0.15) is 0 Å². The molecule has 0 bridgehead atoms. The van der Waals surface area contributed by atoms with Gasteiger partial charge < -0.3 is 201 Å². The lowest BCUT2D eigenvalue weighted by Crippen LogP contribution is -2.26. The first-order chi connectivity index (χ1) is 65.0. The largest absolute Gasteiger partial charge is 0.487 e. The van der Waals surface area contributed by atoms with Gasteiger partial charge in [-0.15, -0.1) is 0 Å². The van der Waals surface area contributed by atoms with Crippen molar-refractivity contribution in [2.45, 2.75) is 36.6 Å². The number of aliphatic hydroxyl groups excluding tert-OH is 6. The number of fused-ring (bicyclic) bond motifs is 6. The maximum atomic E-state index is 11.5. The molecular weight excluding hydrogens is 1750 g/mol. The van der Waals surface area contributed by atoms with Gasteiger partial charge in [0.25, 0.3) is 0 Å². The third-order valence-electron chi connectivity index (χ3n) is 17.9. The van der Waals surface area contributed by atoms with Crippen molar-refractivity contribution in [2.75, 3.05) is 439 Å². The van der Waals surface area contributed by atoms with E-state index in [0.29, 0.717) is 270 Å². The summed E-state index contributed by atoms with van der Waals surface area (Å²) in [6, 6.07) is 10.2. The smallest absolute Gasteiger partial charge is 0.161 e. The van der Waals surface area contributed by atoms with Crippen LogP contribution in [-0.2, 0) is 142 Å². The molecule has 0 saturated heterocycles. The Kier molecular flexibility index (Phi) is 78.1. The third-order valence-corrected chi connectivity index (χ3v) is 17.9. The molecule has 768 valence electrons. The van der Waals surface area contributed by atoms with Gasteiger partial charge in [0.2, 0.25) is 0 Å². The van der Waals surface area contributed by atoms with Crippen LogP contribution in [0.4, 0.5) is 0 Å². The zero-order chi connectivity index (χ0) is 94.5. The highest BCUT2D eigenvalue weighted by Gasteiger charge is 2.25. The summed E-state index contributed by atoms with van der Waals surface area (Å²) in [4.78, 5) is 0. The van der Waals surface area contributed by atoms with Crippen LogP contribution >= 0.6 is 0 Å². The Morgan fingerprint density at radius 2 is 0.227 bits per heavy atom. The molecule has 42 nitrogen and oxygen atoms in total. The monoisotopic (exact) mass is 1910 g/mol. The van der Waals surface area contributed by atoms with E-state index in [1.807, 2.05) is 0 Å². The second-order valence-corrected chi connectivity index (χ2v) is 28.8. The maximum Gasteiger partial charge on any atom is 0.161 e. The average molecular weight is 1910 g/mol. The topological polar surface area (TPSA) is 454 Å². The van der Waals surface area contributed by atoms with Crippen LogP contribution in [-0.4, -0.2) is 506 Å². The highest BCUT2D eigenvalue weighted by Crippen LogP contribution is 2.47. The van der Waals surface area contributed by atoms with Gasteiger partial charge in [0, 0.05) is 42.7 Å². The second-order valence-electron chi connectivity index (χ2n) is 28.8. The normalized spacial score (nSPS) is 13.3. The average Bonchev–Trinajstić information content (AvgIpc) is 0.724. The summed E-state index contributed by atoms with van der Waals surface area (Å²) in [7, 11) is 9.62. The standard InChI is InChI=1S/C90H156O42/c1-97-7-13-103-19-25-109-31-37-115-43-49-121-61-73(91)67-127-85-55-79-80(56-86(85)128-68-74(92)62-122-50-44-116-38-32-110-26-20-104-14-8-98-2)82-58-88(130-70-76(94)64-124-52-46-118-40-34-112-28-22-106-16-10-100-4)90(132-72-78(96)66-126-54-48-120-42-36-114-30-24-108-18-12-102-6)60-84(82)83-59-89(131-71-77(95)65-125-53-47-119-41-35-113-29-23-107-17-11-101-5)87(57-81(79)83)129-69-75(93)63-123-51-45-117-39-33-111-27-21-105-15-9-99-3/h55-60,73-78,91-96H,7-54,61-72H2,1-6H3. The first-order valence-electron chi connectivity index (χ1n) is 45.2. The highest BCUT2D eigenvalue weighted by atomic mass is 16.6. The fraction of sp³-hybridized carbons (Fsp3) is 0.800. The van der Waals surface area contributed by atoms with E-state index in [1.165, 1.54) is 0 Å². The molecule has 132 heavy (non-hydrogen) atoms. The Morgan fingerprint density at radius 1 is 0.136 bits per heavy atom. The van der Waals surface area contributed by atoms with E-state index in [2.05, 4.69) is 0 Å². The number of ether oxygens (including phenoxy) is 36. The molecule has 0 fully saturated rings. The molecule has 0 aliphatic rings. The van der Waals surface area contributed by atoms with Crippen LogP contribution in [0, 0.1) is 0 Å². The Balaban J connectivity index is 1.82. The molecule has 0 aliphatic heterocycles. The summed E-state index contributed by atoms with van der Waals surface area (Å²) in [5.74, 6) is 0.676. The van der Waals surface area contributed by atoms with E-state index in [0.717, 1.165) is 0 Å². The van der Waals surface area contributed by atoms with Gasteiger partial charge in [0.15, 0.2) is 34.5 Å². The Hall–Kier alpha value is -4.98. The van der Waals surface area contributed by atoms with Gasteiger partial charge in [0.05, 0.1) is 357 Å². The summed E-state index contributed by atoms with van der Waals surface area (Å²) in [5, 5.41) is 72.2. The van der Waals surface area contributed by atoms with Crippen LogP contribution in [0.5, 0.6) is 34.5 Å². The van der Waals surface area contributed by atoms with Crippen molar-refractivity contribution in [3.8, 4) is 34.5 Å². The lowest BCUT2D eigenvalue weighted by Gasteiger charge is -2.22. The van der Waals surface area contributed by atoms with Crippen LogP contribution < -0.4 is 28.4 Å². The fourth-order valence-corrected chi connectivity index (χ4v) is 11.2. The van der Waals surface area contributed by atoms with Crippen molar-refractivity contribution < 1.29 is 201 Å². The SMILES string of the molecule is COCCOCCOCCOCCOCC(O)COc1cc2c3cc(OCC(O)COCCOCCOCCOCCOC)c(OCC(O)COCCOCCOCCOCCOC)cc3c3cc(OCC(O)COCCOCCOCCOCCOC)c(OCC(O)COCCOCCOCCOCCOC)cc3c2cc1OCC(O)COCCOCCOCCOCCOC. The molecule has 0 heterocycles. The van der Waals surface area contributed by atoms with Gasteiger partial charge in [-0.05, 0) is 68.7 Å². The quantitative estimate of drug-likeness (QED) is 0.0271. The molecule has 4 aromatic carbocycles. The van der Waals surface area contributed by atoms with Gasteiger partial charge in [-0.1, -0.05) is 0 Å². The fourth-order valence-electron chi connectivity index (χ4n) is 11.2. The molecule has 6 atom stereocenters. The predicted molar refractivity (Wildman–Crippen MR) is 479 cm³/mol. The lowest BCUT2D eigenvalue weighted by molar-refractivity contribution is -0.0277. The number of hydrogen-bond acceptors (Lipinski definition) is 42. The van der Waals surface area contributed by atoms with E-state index in [9.17, 15) is 30.6 Å². The minimum atomic E-state index is -1.19. The molecule has 42 heteroatoms. The van der Waals surface area contributed by atoms with Gasteiger partial charge in [0.1, 0.15) is 76.3 Å². The van der Waals surface area contributed by atoms with Crippen molar-refractivity contribution in [2.24, 2.45) is 0 Å². The molecule has 0 amide bonds. The van der Waals surface area contributed by atoms with Crippen molar-refractivity contribution in [1.29, 1.82) is 0 Å². The number of rotatable bonds is 102. The molecule has 0 aliphatic carbocycles. The van der Waals surface area contributed by atoms with Gasteiger partial charge in [-0.3, -0.25) is 0 Å². The van der Waals surface area contributed by atoms with Crippen LogP contribution in [0.3, 0.4) is 0 Å². The summed E-state index contributed by atoms with van der Waals surface area (Å²) in [6.45, 7) is 13.6. The van der Waals surface area contributed by atoms with Crippen molar-refractivity contribution >= 4 is 32.3 Å². The Morgan fingerprint density at radius 3 is 0.326 bits per heavy atom. The Bertz CT molecular complexity index is 2670. The molecule has 0 saturated carbocycles. The van der Waals surface area contributed by atoms with Crippen LogP contribution in [0.25, 0.3) is 32.3 Å². The van der Waals surface area contributed by atoms with Gasteiger partial charge in [-0.25, -0.2) is 0 Å². The molecule has 4 rings (SSSR count). The number of methoxy groups -OCH3 is 6. The number of benzene rings is 4. The van der Waals surface area contributed by atoms with Crippen molar-refractivity contribution in [3.05, 3.63) is 36.4 Å². The summed E-state index contributed by atoms with van der Waals surface area (Å²) in [5.41, 5.74) is 0. The minimum absolute atomic E-state index is 0.113. The maximum absolute atomic E-state index is 11.5. The van der Waals surface area contributed by atoms with E-state index >= 15 is 0 Å². The number of aliphatic hydroxyl groups is 6. The van der Waals surface area contributed by atoms with Crippen LogP contribution in [0.15, 0.2) is 36.4 Å². The molecule has 0 spiro atoms. The summed E-state index contributed by atoms with van der Waals surface area (Å²) < 4.78 is 205. The molecule has 0 aromatic heterocycles. The lowest BCUT2D eigenvalue weighted by atomic mass is 9.93. The van der Waals surface area contributed by atoms with Gasteiger partial charge in [-0.2, -0.15) is 0 Å². The first kappa shape index (κ1) is 119. The molecule has 0 radical (unpaired) electrons. The van der Waals surface area contributed by atoms with Crippen LogP contribution in [0.2, 0.25) is 0 Å². The zero-order valence-corrected chi connectivity index (χ0v) is 78.7. The van der Waals surface area contributed by atoms with E-state index in [-0.39, 0.29) is 193 Å². The third kappa shape index (κ3) is 62.8. The second kappa shape index (κ2) is 86.4. The predicted octanol–water partition coefficient (Wildman–Crippen LogP) is 1.86. The zero-order valence-electron chi connectivity index (χ0n) is 78.7. The van der Waals surface area contributed by atoms with E-state index in [1.54, 1.807) is 79.1 Å². The first-order valence-corrected chi connectivity index (χ1v) is 45.2. The molecule has 6 unspecified atom stereocenters. The van der Waals surface area contributed by atoms with E-state index in [4.69, 9.17) is 171 Å².